The van der Waals surface area contributed by atoms with Gasteiger partial charge in [-0.05, 0) is 20.3 Å². The first-order chi connectivity index (χ1) is 4.58. The summed E-state index contributed by atoms with van der Waals surface area (Å²) < 4.78 is 5.27. The SMILES string of the molecule is CCCC(O)C1OC1(C)C. The maximum Gasteiger partial charge on any atom is 0.113 e. The number of hydrogen-bond acceptors (Lipinski definition) is 2. The van der Waals surface area contributed by atoms with Gasteiger partial charge in [-0.25, -0.2) is 0 Å². The Morgan fingerprint density at radius 3 is 2.40 bits per heavy atom. The molecule has 0 spiro atoms. The molecule has 0 amide bonds. The third kappa shape index (κ3) is 1.50. The molecular weight excluding hydrogens is 128 g/mol. The summed E-state index contributed by atoms with van der Waals surface area (Å²) in [5, 5.41) is 9.40. The van der Waals surface area contributed by atoms with Crippen molar-refractivity contribution in [3.05, 3.63) is 0 Å². The Hall–Kier alpha value is -0.0800. The molecule has 0 aromatic heterocycles. The first kappa shape index (κ1) is 8.02. The Labute approximate surface area is 62.2 Å². The van der Waals surface area contributed by atoms with Crippen molar-refractivity contribution in [3.63, 3.8) is 0 Å². The Morgan fingerprint density at radius 1 is 1.60 bits per heavy atom. The number of aliphatic hydroxyl groups excluding tert-OH is 1. The minimum absolute atomic E-state index is 0.0609. The highest BCUT2D eigenvalue weighted by atomic mass is 16.6. The first-order valence-corrected chi connectivity index (χ1v) is 3.94. The summed E-state index contributed by atoms with van der Waals surface area (Å²) in [5.41, 5.74) is -0.0609. The van der Waals surface area contributed by atoms with Gasteiger partial charge >= 0.3 is 0 Å². The number of ether oxygens (including phenoxy) is 1. The van der Waals surface area contributed by atoms with E-state index in [-0.39, 0.29) is 17.8 Å². The van der Waals surface area contributed by atoms with Crippen molar-refractivity contribution in [2.24, 2.45) is 0 Å². The molecule has 2 heteroatoms. The van der Waals surface area contributed by atoms with Gasteiger partial charge in [-0.1, -0.05) is 13.3 Å². The molecule has 1 aliphatic rings. The third-order valence-electron chi connectivity index (χ3n) is 1.99. The van der Waals surface area contributed by atoms with E-state index in [9.17, 15) is 5.11 Å². The zero-order chi connectivity index (χ0) is 7.78. The highest BCUT2D eigenvalue weighted by molar-refractivity contribution is 4.98. The average Bonchev–Trinajstić information content (AvgIpc) is 2.41. The lowest BCUT2D eigenvalue weighted by Crippen LogP contribution is -2.19. The van der Waals surface area contributed by atoms with Gasteiger partial charge in [0.1, 0.15) is 6.10 Å². The molecule has 1 fully saturated rings. The molecule has 60 valence electrons. The van der Waals surface area contributed by atoms with E-state index >= 15 is 0 Å². The highest BCUT2D eigenvalue weighted by Crippen LogP contribution is 2.38. The van der Waals surface area contributed by atoms with Gasteiger partial charge in [-0.15, -0.1) is 0 Å². The summed E-state index contributed by atoms with van der Waals surface area (Å²) in [5.74, 6) is 0. The highest BCUT2D eigenvalue weighted by Gasteiger charge is 2.51. The smallest absolute Gasteiger partial charge is 0.113 e. The normalized spacial score (nSPS) is 31.8. The Balaban J connectivity index is 2.25. The summed E-state index contributed by atoms with van der Waals surface area (Å²) in [7, 11) is 0. The molecule has 0 saturated carbocycles. The molecule has 1 N–H and O–H groups in total. The third-order valence-corrected chi connectivity index (χ3v) is 1.99. The minimum Gasteiger partial charge on any atom is -0.390 e. The van der Waals surface area contributed by atoms with E-state index in [0.29, 0.717) is 0 Å². The van der Waals surface area contributed by atoms with E-state index < -0.39 is 0 Å². The van der Waals surface area contributed by atoms with Crippen molar-refractivity contribution < 1.29 is 9.84 Å². The van der Waals surface area contributed by atoms with Crippen LogP contribution in [-0.4, -0.2) is 22.9 Å². The van der Waals surface area contributed by atoms with Crippen molar-refractivity contribution in [2.75, 3.05) is 0 Å². The van der Waals surface area contributed by atoms with Gasteiger partial charge in [0.25, 0.3) is 0 Å². The second kappa shape index (κ2) is 2.51. The Bertz CT molecular complexity index is 120. The lowest BCUT2D eigenvalue weighted by atomic mass is 10.0. The quantitative estimate of drug-likeness (QED) is 0.606. The predicted molar refractivity (Wildman–Crippen MR) is 39.9 cm³/mol. The molecule has 10 heavy (non-hydrogen) atoms. The van der Waals surface area contributed by atoms with Crippen LogP contribution in [0, 0.1) is 0 Å². The van der Waals surface area contributed by atoms with Crippen LogP contribution >= 0.6 is 0 Å². The van der Waals surface area contributed by atoms with Crippen LogP contribution in [0.1, 0.15) is 33.6 Å². The average molecular weight is 144 g/mol. The maximum absolute atomic E-state index is 9.40. The molecule has 0 radical (unpaired) electrons. The van der Waals surface area contributed by atoms with Gasteiger partial charge in [-0.2, -0.15) is 0 Å². The molecule has 0 aromatic carbocycles. The van der Waals surface area contributed by atoms with Gasteiger partial charge in [0.15, 0.2) is 0 Å². The summed E-state index contributed by atoms with van der Waals surface area (Å²) >= 11 is 0. The standard InChI is InChI=1S/C8H16O2/c1-4-5-6(9)7-8(2,3)10-7/h6-7,9H,4-5H2,1-3H3. The van der Waals surface area contributed by atoms with E-state index in [1.165, 1.54) is 0 Å². The lowest BCUT2D eigenvalue weighted by molar-refractivity contribution is 0.125. The van der Waals surface area contributed by atoms with E-state index in [0.717, 1.165) is 12.8 Å². The number of epoxide rings is 1. The van der Waals surface area contributed by atoms with Crippen molar-refractivity contribution in [1.82, 2.24) is 0 Å². The van der Waals surface area contributed by atoms with Crippen LogP contribution < -0.4 is 0 Å². The molecule has 2 unspecified atom stereocenters. The van der Waals surface area contributed by atoms with Crippen LogP contribution in [-0.2, 0) is 4.74 Å². The fraction of sp³-hybridized carbons (Fsp3) is 1.00. The Morgan fingerprint density at radius 2 is 2.10 bits per heavy atom. The van der Waals surface area contributed by atoms with E-state index in [1.807, 2.05) is 13.8 Å². The molecule has 1 aliphatic heterocycles. The summed E-state index contributed by atoms with van der Waals surface area (Å²) in [4.78, 5) is 0. The summed E-state index contributed by atoms with van der Waals surface area (Å²) in [6, 6.07) is 0. The summed E-state index contributed by atoms with van der Waals surface area (Å²) in [6.07, 6.45) is 1.72. The molecule has 0 aliphatic carbocycles. The molecule has 0 bridgehead atoms. The van der Waals surface area contributed by atoms with Crippen LogP contribution in [0.2, 0.25) is 0 Å². The molecule has 1 saturated heterocycles. The maximum atomic E-state index is 9.40. The number of hydrogen-bond donors (Lipinski definition) is 1. The van der Waals surface area contributed by atoms with Gasteiger partial charge in [-0.3, -0.25) is 0 Å². The van der Waals surface area contributed by atoms with E-state index in [1.54, 1.807) is 0 Å². The summed E-state index contributed by atoms with van der Waals surface area (Å²) in [6.45, 7) is 6.09. The van der Waals surface area contributed by atoms with Crippen molar-refractivity contribution in [2.45, 2.75) is 51.4 Å². The second-order valence-corrected chi connectivity index (χ2v) is 3.50. The van der Waals surface area contributed by atoms with Gasteiger partial charge in [0.2, 0.25) is 0 Å². The van der Waals surface area contributed by atoms with E-state index in [2.05, 4.69) is 6.92 Å². The minimum atomic E-state index is -0.250. The second-order valence-electron chi connectivity index (χ2n) is 3.50. The monoisotopic (exact) mass is 144 g/mol. The van der Waals surface area contributed by atoms with Crippen LogP contribution in [0.4, 0.5) is 0 Å². The predicted octanol–water partition coefficient (Wildman–Crippen LogP) is 1.32. The molecule has 1 rings (SSSR count). The number of aliphatic hydroxyl groups is 1. The number of rotatable bonds is 3. The zero-order valence-electron chi connectivity index (χ0n) is 6.92. The fourth-order valence-electron chi connectivity index (χ4n) is 1.28. The topological polar surface area (TPSA) is 32.8 Å². The van der Waals surface area contributed by atoms with Crippen molar-refractivity contribution >= 4 is 0 Å². The molecule has 0 aromatic rings. The van der Waals surface area contributed by atoms with Crippen molar-refractivity contribution in [1.29, 1.82) is 0 Å². The zero-order valence-corrected chi connectivity index (χ0v) is 6.92. The van der Waals surface area contributed by atoms with Crippen LogP contribution in [0.3, 0.4) is 0 Å². The van der Waals surface area contributed by atoms with Gasteiger partial charge in [0.05, 0.1) is 11.7 Å². The van der Waals surface area contributed by atoms with Crippen LogP contribution in [0.15, 0.2) is 0 Å². The van der Waals surface area contributed by atoms with Crippen molar-refractivity contribution in [3.8, 4) is 0 Å². The Kier molecular flexibility index (Phi) is 2.02. The van der Waals surface area contributed by atoms with Crippen LogP contribution in [0.25, 0.3) is 0 Å². The molecule has 1 heterocycles. The largest absolute Gasteiger partial charge is 0.390 e. The molecular formula is C8H16O2. The van der Waals surface area contributed by atoms with Gasteiger partial charge < -0.3 is 9.84 Å². The molecule has 2 nitrogen and oxygen atoms in total. The lowest BCUT2D eigenvalue weighted by Gasteiger charge is -2.05. The van der Waals surface area contributed by atoms with E-state index in [4.69, 9.17) is 4.74 Å². The van der Waals surface area contributed by atoms with Gasteiger partial charge in [0, 0.05) is 0 Å². The fourth-order valence-corrected chi connectivity index (χ4v) is 1.28. The van der Waals surface area contributed by atoms with Crippen LogP contribution in [0.5, 0.6) is 0 Å². The molecule has 2 atom stereocenters. The first-order valence-electron chi connectivity index (χ1n) is 3.94.